The van der Waals surface area contributed by atoms with E-state index in [0.29, 0.717) is 0 Å². The fourth-order valence-electron chi connectivity index (χ4n) is 2.00. The highest BCUT2D eigenvalue weighted by atomic mass is 14.6. The van der Waals surface area contributed by atoms with Crippen LogP contribution >= 0.6 is 0 Å². The summed E-state index contributed by atoms with van der Waals surface area (Å²) in [7, 11) is 0. The smallest absolute Gasteiger partial charge is 0.0399 e. The first-order chi connectivity index (χ1) is 7.15. The maximum absolute atomic E-state index is 6.12. The van der Waals surface area contributed by atoms with Crippen molar-refractivity contribution < 1.29 is 0 Å². The van der Waals surface area contributed by atoms with Crippen molar-refractivity contribution in [3.8, 4) is 0 Å². The summed E-state index contributed by atoms with van der Waals surface area (Å²) in [5.74, 6) is 0. The van der Waals surface area contributed by atoms with Crippen molar-refractivity contribution in [3.63, 3.8) is 0 Å². The molecule has 1 aromatic carbocycles. The summed E-state index contributed by atoms with van der Waals surface area (Å²) >= 11 is 0. The fraction of sp³-hybridized carbons (Fsp3) is 0.538. The van der Waals surface area contributed by atoms with Crippen molar-refractivity contribution in [2.24, 2.45) is 0 Å². The van der Waals surface area contributed by atoms with Crippen LogP contribution in [0.3, 0.4) is 0 Å². The number of aryl methyl sites for hydroxylation is 2. The minimum absolute atomic E-state index is 0.911. The third-order valence-electron chi connectivity index (χ3n) is 2.95. The normalized spacial score (nSPS) is 10.6. The van der Waals surface area contributed by atoms with Crippen LogP contribution in [0.15, 0.2) is 6.07 Å². The van der Waals surface area contributed by atoms with Gasteiger partial charge in [0.2, 0.25) is 0 Å². The average molecular weight is 206 g/mol. The Balaban J connectivity index is 3.32. The molecule has 0 aliphatic carbocycles. The van der Waals surface area contributed by atoms with E-state index in [9.17, 15) is 0 Å². The maximum Gasteiger partial charge on any atom is 0.0399 e. The molecule has 1 aromatic rings. The predicted molar refractivity (Wildman–Crippen MR) is 68.0 cm³/mol. The van der Waals surface area contributed by atoms with Crippen LogP contribution in [0.5, 0.6) is 0 Å². The topological polar surface area (TPSA) is 52.0 Å². The number of nitrogen functional groups attached to an aromatic ring is 2. The van der Waals surface area contributed by atoms with E-state index in [4.69, 9.17) is 11.5 Å². The van der Waals surface area contributed by atoms with Gasteiger partial charge < -0.3 is 11.5 Å². The molecule has 4 N–H and O–H groups in total. The van der Waals surface area contributed by atoms with Crippen LogP contribution in [0.1, 0.15) is 43.9 Å². The van der Waals surface area contributed by atoms with Crippen molar-refractivity contribution in [2.45, 2.75) is 46.5 Å². The molecule has 2 nitrogen and oxygen atoms in total. The Morgan fingerprint density at radius 2 is 1.40 bits per heavy atom. The van der Waals surface area contributed by atoms with Gasteiger partial charge in [-0.1, -0.05) is 33.3 Å². The third-order valence-corrected chi connectivity index (χ3v) is 2.95. The molecular weight excluding hydrogens is 184 g/mol. The Labute approximate surface area is 92.7 Å². The molecule has 0 aromatic heterocycles. The first kappa shape index (κ1) is 11.9. The largest absolute Gasteiger partial charge is 0.398 e. The van der Waals surface area contributed by atoms with Crippen molar-refractivity contribution >= 4 is 11.4 Å². The number of anilines is 2. The molecule has 0 fully saturated rings. The van der Waals surface area contributed by atoms with Gasteiger partial charge in [0.25, 0.3) is 0 Å². The molecule has 15 heavy (non-hydrogen) atoms. The van der Waals surface area contributed by atoms with E-state index in [1.54, 1.807) is 0 Å². The molecule has 0 saturated carbocycles. The van der Waals surface area contributed by atoms with Gasteiger partial charge in [0, 0.05) is 11.4 Å². The summed E-state index contributed by atoms with van der Waals surface area (Å²) in [6.07, 6.45) is 4.04. The summed E-state index contributed by atoms with van der Waals surface area (Å²) in [6.45, 7) is 6.43. The van der Waals surface area contributed by atoms with E-state index in [2.05, 4.69) is 26.8 Å². The van der Waals surface area contributed by atoms with Gasteiger partial charge in [-0.3, -0.25) is 0 Å². The fourth-order valence-corrected chi connectivity index (χ4v) is 2.00. The van der Waals surface area contributed by atoms with E-state index in [-0.39, 0.29) is 0 Å². The molecular formula is C13H22N2. The zero-order valence-corrected chi connectivity index (χ0v) is 10.1. The minimum atomic E-state index is 0.911. The standard InChI is InChI=1S/C13H22N2/c1-4-7-11-12(14)9(5-2)8-10(6-3)13(11)15/h8H,4-7,14-15H2,1-3H3. The summed E-state index contributed by atoms with van der Waals surface area (Å²) in [4.78, 5) is 0. The lowest BCUT2D eigenvalue weighted by Gasteiger charge is -2.16. The van der Waals surface area contributed by atoms with Gasteiger partial charge in [-0.05, 0) is 36.0 Å². The molecule has 2 heteroatoms. The summed E-state index contributed by atoms with van der Waals surface area (Å²) < 4.78 is 0. The monoisotopic (exact) mass is 206 g/mol. The second kappa shape index (κ2) is 5.06. The highest BCUT2D eigenvalue weighted by molar-refractivity contribution is 5.69. The number of benzene rings is 1. The Hall–Kier alpha value is -1.18. The zero-order valence-electron chi connectivity index (χ0n) is 10.1. The van der Waals surface area contributed by atoms with Crippen LogP contribution in [-0.4, -0.2) is 0 Å². The van der Waals surface area contributed by atoms with Crippen LogP contribution in [0.2, 0.25) is 0 Å². The van der Waals surface area contributed by atoms with Crippen LogP contribution in [0, 0.1) is 0 Å². The molecule has 0 amide bonds. The lowest BCUT2D eigenvalue weighted by Crippen LogP contribution is -2.07. The van der Waals surface area contributed by atoms with Crippen molar-refractivity contribution in [3.05, 3.63) is 22.8 Å². The van der Waals surface area contributed by atoms with Crippen molar-refractivity contribution in [2.75, 3.05) is 11.5 Å². The van der Waals surface area contributed by atoms with E-state index < -0.39 is 0 Å². The highest BCUT2D eigenvalue weighted by Gasteiger charge is 2.11. The maximum atomic E-state index is 6.12. The molecule has 0 spiro atoms. The van der Waals surface area contributed by atoms with E-state index in [1.165, 1.54) is 11.1 Å². The van der Waals surface area contributed by atoms with Crippen LogP contribution in [-0.2, 0) is 19.3 Å². The highest BCUT2D eigenvalue weighted by Crippen LogP contribution is 2.29. The number of hydrogen-bond donors (Lipinski definition) is 2. The molecule has 84 valence electrons. The number of rotatable bonds is 4. The molecule has 0 aliphatic rings. The Bertz CT molecular complexity index is 315. The molecule has 0 heterocycles. The first-order valence-electron chi connectivity index (χ1n) is 5.84. The van der Waals surface area contributed by atoms with E-state index in [0.717, 1.165) is 42.6 Å². The SMILES string of the molecule is CCCc1c(N)c(CC)cc(CC)c1N. The van der Waals surface area contributed by atoms with Gasteiger partial charge in [-0.15, -0.1) is 0 Å². The van der Waals surface area contributed by atoms with Gasteiger partial charge >= 0.3 is 0 Å². The van der Waals surface area contributed by atoms with E-state index >= 15 is 0 Å². The molecule has 0 unspecified atom stereocenters. The lowest BCUT2D eigenvalue weighted by atomic mass is 9.95. The second-order valence-electron chi connectivity index (χ2n) is 3.96. The molecule has 0 radical (unpaired) electrons. The molecule has 1 rings (SSSR count). The van der Waals surface area contributed by atoms with Crippen LogP contribution in [0.25, 0.3) is 0 Å². The van der Waals surface area contributed by atoms with Crippen molar-refractivity contribution in [1.29, 1.82) is 0 Å². The third kappa shape index (κ3) is 2.25. The van der Waals surface area contributed by atoms with Gasteiger partial charge in [0.05, 0.1) is 0 Å². The number of hydrogen-bond acceptors (Lipinski definition) is 2. The second-order valence-corrected chi connectivity index (χ2v) is 3.96. The average Bonchev–Trinajstić information content (AvgIpc) is 2.25. The molecule has 0 aliphatic heterocycles. The van der Waals surface area contributed by atoms with Crippen LogP contribution < -0.4 is 11.5 Å². The molecule has 0 bridgehead atoms. The van der Waals surface area contributed by atoms with Gasteiger partial charge in [-0.25, -0.2) is 0 Å². The molecule has 0 saturated heterocycles. The van der Waals surface area contributed by atoms with Crippen LogP contribution in [0.4, 0.5) is 11.4 Å². The number of nitrogens with two attached hydrogens (primary N) is 2. The predicted octanol–water partition coefficient (Wildman–Crippen LogP) is 2.93. The molecule has 0 atom stereocenters. The minimum Gasteiger partial charge on any atom is -0.398 e. The first-order valence-corrected chi connectivity index (χ1v) is 5.84. The van der Waals surface area contributed by atoms with E-state index in [1.807, 2.05) is 0 Å². The van der Waals surface area contributed by atoms with Gasteiger partial charge in [0.1, 0.15) is 0 Å². The van der Waals surface area contributed by atoms with Crippen molar-refractivity contribution in [1.82, 2.24) is 0 Å². The lowest BCUT2D eigenvalue weighted by molar-refractivity contribution is 0.918. The Morgan fingerprint density at radius 3 is 1.73 bits per heavy atom. The summed E-state index contributed by atoms with van der Waals surface area (Å²) in [5, 5.41) is 0. The quantitative estimate of drug-likeness (QED) is 0.744. The summed E-state index contributed by atoms with van der Waals surface area (Å²) in [5.41, 5.74) is 17.7. The van der Waals surface area contributed by atoms with Gasteiger partial charge in [-0.2, -0.15) is 0 Å². The zero-order chi connectivity index (χ0) is 11.4. The Morgan fingerprint density at radius 1 is 0.933 bits per heavy atom. The summed E-state index contributed by atoms with van der Waals surface area (Å²) in [6, 6.07) is 2.16. The van der Waals surface area contributed by atoms with Gasteiger partial charge in [0.15, 0.2) is 0 Å². The Kier molecular flexibility index (Phi) is 4.01.